The second-order valence-electron chi connectivity index (χ2n) is 8.09. The first kappa shape index (κ1) is 21.8. The second kappa shape index (κ2) is 10.3. The fourth-order valence-electron chi connectivity index (χ4n) is 4.10. The van der Waals surface area contributed by atoms with Crippen molar-refractivity contribution in [2.45, 2.75) is 38.2 Å². The van der Waals surface area contributed by atoms with E-state index >= 15 is 0 Å². The smallest absolute Gasteiger partial charge is 0.455 e. The summed E-state index contributed by atoms with van der Waals surface area (Å²) in [5.41, 5.74) is 2.91. The third-order valence-electron chi connectivity index (χ3n) is 5.85. The average molecular weight is 434 g/mol. The highest BCUT2D eigenvalue weighted by Crippen LogP contribution is 2.22. The molecule has 32 heavy (non-hydrogen) atoms. The number of hydrogen-bond acceptors (Lipinski definition) is 4. The van der Waals surface area contributed by atoms with Gasteiger partial charge in [-0.05, 0) is 62.0 Å². The summed E-state index contributed by atoms with van der Waals surface area (Å²) in [7, 11) is 1.61. The molecule has 0 saturated carbocycles. The Bertz CT molecular complexity index is 1030. The number of benzene rings is 1. The molecule has 0 radical (unpaired) electrons. The predicted octanol–water partition coefficient (Wildman–Crippen LogP) is 3.55. The number of allylic oxidation sites excluding steroid dienone is 3. The molecule has 166 valence electrons. The van der Waals surface area contributed by atoms with Gasteiger partial charge in [0.15, 0.2) is 0 Å². The summed E-state index contributed by atoms with van der Waals surface area (Å²) in [6.07, 6.45) is 16.6. The zero-order valence-corrected chi connectivity index (χ0v) is 18.4. The van der Waals surface area contributed by atoms with Gasteiger partial charge in [0.05, 0.1) is 7.11 Å². The van der Waals surface area contributed by atoms with E-state index in [1.807, 2.05) is 48.6 Å². The van der Waals surface area contributed by atoms with Crippen molar-refractivity contribution in [2.24, 2.45) is 0 Å². The van der Waals surface area contributed by atoms with Crippen LogP contribution < -0.4 is 10.1 Å². The third-order valence-corrected chi connectivity index (χ3v) is 5.85. The van der Waals surface area contributed by atoms with Gasteiger partial charge in [-0.3, -0.25) is 4.79 Å². The maximum absolute atomic E-state index is 13.2. The Labute approximate surface area is 188 Å². The Kier molecular flexibility index (Phi) is 7.00. The minimum atomic E-state index is -0.401. The summed E-state index contributed by atoms with van der Waals surface area (Å²) in [5, 5.41) is 2.97. The van der Waals surface area contributed by atoms with E-state index in [0.717, 1.165) is 30.6 Å². The number of ether oxygens (including phenoxy) is 2. The summed E-state index contributed by atoms with van der Waals surface area (Å²) < 4.78 is 12.7. The van der Waals surface area contributed by atoms with Crippen LogP contribution in [0, 0.1) is 0 Å². The largest absolute Gasteiger partial charge is 0.497 e. The van der Waals surface area contributed by atoms with Crippen LogP contribution >= 0.6 is 0 Å². The molecule has 0 saturated heterocycles. The van der Waals surface area contributed by atoms with Crippen molar-refractivity contribution in [1.29, 1.82) is 0 Å². The lowest BCUT2D eigenvalue weighted by Crippen LogP contribution is -2.46. The molecule has 1 aromatic carbocycles. The monoisotopic (exact) mass is 433 g/mol. The number of methoxy groups -OCH3 is 1. The minimum Gasteiger partial charge on any atom is -0.497 e. The van der Waals surface area contributed by atoms with Gasteiger partial charge >= 0.3 is 5.91 Å². The van der Waals surface area contributed by atoms with Gasteiger partial charge in [0.1, 0.15) is 5.75 Å². The molecule has 1 aliphatic heterocycles. The topological polar surface area (TPSA) is 67.6 Å². The molecule has 1 unspecified atom stereocenters. The van der Waals surface area contributed by atoms with Crippen LogP contribution in [-0.2, 0) is 14.3 Å². The lowest BCUT2D eigenvalue weighted by atomic mass is 9.97. The number of nitrogens with zero attached hydrogens (tertiary/aromatic N) is 1. The van der Waals surface area contributed by atoms with Gasteiger partial charge in [-0.2, -0.15) is 0 Å². The number of carbonyl (C=O) groups excluding carboxylic acids is 2. The Morgan fingerprint density at radius 3 is 2.84 bits per heavy atom. The quantitative estimate of drug-likeness (QED) is 0.406. The highest BCUT2D eigenvalue weighted by molar-refractivity contribution is 6.06. The van der Waals surface area contributed by atoms with E-state index in [0.29, 0.717) is 12.3 Å². The second-order valence-corrected chi connectivity index (χ2v) is 8.09. The maximum atomic E-state index is 13.2. The zero-order chi connectivity index (χ0) is 22.3. The van der Waals surface area contributed by atoms with Crippen molar-refractivity contribution in [2.75, 3.05) is 20.2 Å². The van der Waals surface area contributed by atoms with Crippen molar-refractivity contribution < 1.29 is 23.6 Å². The van der Waals surface area contributed by atoms with Gasteiger partial charge in [-0.25, -0.2) is 4.79 Å². The molecule has 1 atom stereocenters. The Morgan fingerprint density at radius 1 is 1.25 bits per heavy atom. The van der Waals surface area contributed by atoms with Crippen LogP contribution in [0.15, 0.2) is 66.0 Å². The zero-order valence-electron chi connectivity index (χ0n) is 18.4. The van der Waals surface area contributed by atoms with Crippen LogP contribution in [0.25, 0.3) is 6.08 Å². The van der Waals surface area contributed by atoms with Crippen molar-refractivity contribution >= 4 is 23.6 Å². The molecule has 0 bridgehead atoms. The number of hydrogen-bond donors (Lipinski definition) is 1. The predicted molar refractivity (Wildman–Crippen MR) is 123 cm³/mol. The highest BCUT2D eigenvalue weighted by Gasteiger charge is 2.40. The first-order chi connectivity index (χ1) is 15.6. The Hall–Kier alpha value is -3.41. The molecule has 0 spiro atoms. The molecule has 1 aromatic rings. The summed E-state index contributed by atoms with van der Waals surface area (Å²) in [6, 6.07) is 7.37. The first-order valence-electron chi connectivity index (χ1n) is 11.1. The molecule has 0 fully saturated rings. The normalized spacial score (nSPS) is 21.2. The van der Waals surface area contributed by atoms with Crippen LogP contribution in [0.3, 0.4) is 0 Å². The van der Waals surface area contributed by atoms with Gasteiger partial charge in [0.2, 0.25) is 24.1 Å². The average Bonchev–Trinajstić information content (AvgIpc) is 2.83. The van der Waals surface area contributed by atoms with Crippen LogP contribution in [0.5, 0.6) is 5.75 Å². The SMILES string of the molecule is COc1ccc(/C=C2\OC3C=CC=CC3=[N+](CC(=O)NCCC3=CCCCC3)C2=O)cc1. The van der Waals surface area contributed by atoms with Crippen LogP contribution in [0.4, 0.5) is 0 Å². The van der Waals surface area contributed by atoms with Crippen LogP contribution in [0.2, 0.25) is 0 Å². The summed E-state index contributed by atoms with van der Waals surface area (Å²) in [5.74, 6) is 0.456. The maximum Gasteiger partial charge on any atom is 0.455 e. The first-order valence-corrected chi connectivity index (χ1v) is 11.1. The molecular weight excluding hydrogens is 404 g/mol. The molecule has 1 heterocycles. The summed E-state index contributed by atoms with van der Waals surface area (Å²) in [4.78, 5) is 25.9. The lowest BCUT2D eigenvalue weighted by molar-refractivity contribution is -0.443. The van der Waals surface area contributed by atoms with Crippen molar-refractivity contribution in [1.82, 2.24) is 5.32 Å². The molecule has 2 aliphatic carbocycles. The van der Waals surface area contributed by atoms with Crippen molar-refractivity contribution in [3.05, 3.63) is 71.5 Å². The standard InChI is InChI=1S/C26H28N2O4/c1-31-21-13-11-20(12-14-21)17-24-26(30)28(22-9-5-6-10-23(22)32-24)18-25(29)27-16-15-19-7-3-2-4-8-19/h5-7,9-14,17,23H,2-4,8,15-16,18H2,1H3/p+1/b24-17-. The highest BCUT2D eigenvalue weighted by atomic mass is 16.5. The molecule has 0 aromatic heterocycles. The third kappa shape index (κ3) is 5.25. The van der Waals surface area contributed by atoms with E-state index in [-0.39, 0.29) is 24.1 Å². The van der Waals surface area contributed by atoms with E-state index in [1.54, 1.807) is 13.2 Å². The Balaban J connectivity index is 1.47. The molecule has 6 heteroatoms. The van der Waals surface area contributed by atoms with Gasteiger partial charge in [0.25, 0.3) is 5.91 Å². The number of carbonyl (C=O) groups is 2. The van der Waals surface area contributed by atoms with E-state index in [1.165, 1.54) is 23.0 Å². The summed E-state index contributed by atoms with van der Waals surface area (Å²) >= 11 is 0. The molecular formula is C26H29N2O4+. The van der Waals surface area contributed by atoms with Crippen molar-refractivity contribution in [3.63, 3.8) is 0 Å². The fourth-order valence-corrected chi connectivity index (χ4v) is 4.10. The fraction of sp³-hybridized carbons (Fsp3) is 0.346. The van der Waals surface area contributed by atoms with Gasteiger partial charge in [-0.1, -0.05) is 35.9 Å². The Morgan fingerprint density at radius 2 is 2.09 bits per heavy atom. The lowest BCUT2D eigenvalue weighted by Gasteiger charge is -2.22. The number of amides is 2. The van der Waals surface area contributed by atoms with E-state index in [2.05, 4.69) is 11.4 Å². The van der Waals surface area contributed by atoms with Gasteiger partial charge in [-0.15, -0.1) is 4.58 Å². The van der Waals surface area contributed by atoms with E-state index < -0.39 is 6.10 Å². The van der Waals surface area contributed by atoms with Crippen molar-refractivity contribution in [3.8, 4) is 5.75 Å². The number of fused-ring (bicyclic) bond motifs is 1. The van der Waals surface area contributed by atoms with E-state index in [4.69, 9.17) is 9.47 Å². The van der Waals surface area contributed by atoms with Gasteiger partial charge < -0.3 is 14.8 Å². The number of nitrogens with one attached hydrogen (secondary N) is 1. The molecule has 4 rings (SSSR count). The van der Waals surface area contributed by atoms with Crippen LogP contribution in [-0.4, -0.2) is 48.4 Å². The minimum absolute atomic E-state index is 0.0365. The summed E-state index contributed by atoms with van der Waals surface area (Å²) in [6.45, 7) is 0.553. The molecule has 3 aliphatic rings. The molecule has 1 N–H and O–H groups in total. The molecule has 6 nitrogen and oxygen atoms in total. The van der Waals surface area contributed by atoms with E-state index in [9.17, 15) is 9.59 Å². The number of rotatable bonds is 7. The molecule has 2 amide bonds. The van der Waals surface area contributed by atoms with Gasteiger partial charge in [0, 0.05) is 12.6 Å². The van der Waals surface area contributed by atoms with Crippen LogP contribution in [0.1, 0.15) is 37.7 Å².